The summed E-state index contributed by atoms with van der Waals surface area (Å²) in [5.74, 6) is 1.45. The SMILES string of the molecule is COc1cc(CC2CN(C(C)=O)C2)ccc1N. The van der Waals surface area contributed by atoms with Crippen LogP contribution in [0.4, 0.5) is 5.69 Å². The molecule has 0 unspecified atom stereocenters. The lowest BCUT2D eigenvalue weighted by Gasteiger charge is -2.38. The molecule has 1 aliphatic rings. The summed E-state index contributed by atoms with van der Waals surface area (Å²) in [7, 11) is 1.62. The lowest BCUT2D eigenvalue weighted by molar-refractivity contribution is -0.134. The highest BCUT2D eigenvalue weighted by molar-refractivity contribution is 5.74. The van der Waals surface area contributed by atoms with Gasteiger partial charge in [-0.05, 0) is 30.0 Å². The molecule has 0 bridgehead atoms. The summed E-state index contributed by atoms with van der Waals surface area (Å²) >= 11 is 0. The molecular weight excluding hydrogens is 216 g/mol. The Labute approximate surface area is 101 Å². The van der Waals surface area contributed by atoms with Crippen LogP contribution in [0.25, 0.3) is 0 Å². The van der Waals surface area contributed by atoms with Crippen molar-refractivity contribution in [2.45, 2.75) is 13.3 Å². The summed E-state index contributed by atoms with van der Waals surface area (Å²) < 4.78 is 5.19. The van der Waals surface area contributed by atoms with Crippen molar-refractivity contribution in [3.63, 3.8) is 0 Å². The maximum Gasteiger partial charge on any atom is 0.219 e. The van der Waals surface area contributed by atoms with Crippen molar-refractivity contribution < 1.29 is 9.53 Å². The minimum atomic E-state index is 0.163. The number of hydrogen-bond donors (Lipinski definition) is 1. The number of hydrogen-bond acceptors (Lipinski definition) is 3. The van der Waals surface area contributed by atoms with Crippen molar-refractivity contribution in [3.05, 3.63) is 23.8 Å². The van der Waals surface area contributed by atoms with Crippen LogP contribution in [0.1, 0.15) is 12.5 Å². The summed E-state index contributed by atoms with van der Waals surface area (Å²) in [6, 6.07) is 5.87. The number of rotatable bonds is 3. The van der Waals surface area contributed by atoms with E-state index in [1.165, 1.54) is 5.56 Å². The Morgan fingerprint density at radius 3 is 2.82 bits per heavy atom. The second-order valence-electron chi connectivity index (χ2n) is 4.57. The molecule has 0 saturated carbocycles. The Morgan fingerprint density at radius 2 is 2.24 bits per heavy atom. The molecule has 1 aromatic rings. The highest BCUT2D eigenvalue weighted by Crippen LogP contribution is 2.26. The smallest absolute Gasteiger partial charge is 0.219 e. The molecule has 1 amide bonds. The van der Waals surface area contributed by atoms with Crippen molar-refractivity contribution in [1.29, 1.82) is 0 Å². The molecule has 1 aromatic carbocycles. The van der Waals surface area contributed by atoms with E-state index in [0.29, 0.717) is 11.6 Å². The summed E-state index contributed by atoms with van der Waals surface area (Å²) in [6.07, 6.45) is 0.973. The monoisotopic (exact) mass is 234 g/mol. The Morgan fingerprint density at radius 1 is 1.53 bits per heavy atom. The third kappa shape index (κ3) is 2.52. The van der Waals surface area contributed by atoms with Gasteiger partial charge in [-0.2, -0.15) is 0 Å². The Kier molecular flexibility index (Phi) is 3.22. The van der Waals surface area contributed by atoms with Crippen LogP contribution in [0, 0.1) is 5.92 Å². The Hall–Kier alpha value is -1.71. The minimum Gasteiger partial charge on any atom is -0.495 e. The first kappa shape index (κ1) is 11.8. The number of nitrogens with two attached hydrogens (primary N) is 1. The molecule has 2 rings (SSSR count). The fraction of sp³-hybridized carbons (Fsp3) is 0.462. The largest absolute Gasteiger partial charge is 0.495 e. The number of nitrogen functional groups attached to an aromatic ring is 1. The molecule has 1 fully saturated rings. The van der Waals surface area contributed by atoms with Crippen LogP contribution < -0.4 is 10.5 Å². The van der Waals surface area contributed by atoms with Gasteiger partial charge in [0.15, 0.2) is 0 Å². The Bertz CT molecular complexity index is 425. The first-order valence-corrected chi connectivity index (χ1v) is 5.78. The van der Waals surface area contributed by atoms with Crippen LogP contribution in [-0.2, 0) is 11.2 Å². The number of likely N-dealkylation sites (tertiary alicyclic amines) is 1. The van der Waals surface area contributed by atoms with Gasteiger partial charge in [-0.1, -0.05) is 6.07 Å². The minimum absolute atomic E-state index is 0.163. The molecule has 0 aliphatic carbocycles. The molecule has 17 heavy (non-hydrogen) atoms. The third-order valence-electron chi connectivity index (χ3n) is 3.22. The molecule has 4 heteroatoms. The first-order chi connectivity index (χ1) is 8.10. The number of methoxy groups -OCH3 is 1. The van der Waals surface area contributed by atoms with E-state index >= 15 is 0 Å². The van der Waals surface area contributed by atoms with Crippen LogP contribution >= 0.6 is 0 Å². The number of carbonyl (C=O) groups excluding carboxylic acids is 1. The van der Waals surface area contributed by atoms with Crippen LogP contribution in [0.2, 0.25) is 0 Å². The molecule has 4 nitrogen and oxygen atoms in total. The molecular formula is C13H18N2O2. The van der Waals surface area contributed by atoms with Crippen LogP contribution in [-0.4, -0.2) is 31.0 Å². The van der Waals surface area contributed by atoms with Gasteiger partial charge in [0.25, 0.3) is 0 Å². The number of anilines is 1. The van der Waals surface area contributed by atoms with E-state index in [1.54, 1.807) is 14.0 Å². The van der Waals surface area contributed by atoms with Crippen LogP contribution in [0.5, 0.6) is 5.75 Å². The predicted molar refractivity (Wildman–Crippen MR) is 66.9 cm³/mol. The van der Waals surface area contributed by atoms with Gasteiger partial charge >= 0.3 is 0 Å². The van der Waals surface area contributed by atoms with E-state index in [4.69, 9.17) is 10.5 Å². The van der Waals surface area contributed by atoms with Crippen molar-refractivity contribution in [1.82, 2.24) is 4.90 Å². The first-order valence-electron chi connectivity index (χ1n) is 5.78. The fourth-order valence-corrected chi connectivity index (χ4v) is 2.17. The molecule has 92 valence electrons. The van der Waals surface area contributed by atoms with Gasteiger partial charge in [0.1, 0.15) is 5.75 Å². The zero-order chi connectivity index (χ0) is 12.4. The molecule has 0 spiro atoms. The summed E-state index contributed by atoms with van der Waals surface area (Å²) in [6.45, 7) is 3.34. The van der Waals surface area contributed by atoms with Gasteiger partial charge in [0, 0.05) is 20.0 Å². The van der Waals surface area contributed by atoms with Gasteiger partial charge in [0.2, 0.25) is 5.91 Å². The third-order valence-corrected chi connectivity index (χ3v) is 3.22. The van der Waals surface area contributed by atoms with Gasteiger partial charge in [-0.25, -0.2) is 0 Å². The summed E-state index contributed by atoms with van der Waals surface area (Å²) in [4.78, 5) is 12.9. The highest BCUT2D eigenvalue weighted by atomic mass is 16.5. The quantitative estimate of drug-likeness (QED) is 0.802. The maximum atomic E-state index is 11.1. The van der Waals surface area contributed by atoms with Gasteiger partial charge < -0.3 is 15.4 Å². The Balaban J connectivity index is 1.94. The van der Waals surface area contributed by atoms with E-state index in [1.807, 2.05) is 23.1 Å². The second kappa shape index (κ2) is 4.65. The van der Waals surface area contributed by atoms with E-state index < -0.39 is 0 Å². The molecule has 0 radical (unpaired) electrons. The lowest BCUT2D eigenvalue weighted by atomic mass is 9.92. The average Bonchev–Trinajstić information content (AvgIpc) is 2.24. The molecule has 1 saturated heterocycles. The van der Waals surface area contributed by atoms with E-state index in [9.17, 15) is 4.79 Å². The van der Waals surface area contributed by atoms with Crippen LogP contribution in [0.3, 0.4) is 0 Å². The normalized spacial score (nSPS) is 15.5. The highest BCUT2D eigenvalue weighted by Gasteiger charge is 2.28. The molecule has 2 N–H and O–H groups in total. The molecule has 0 aromatic heterocycles. The van der Waals surface area contributed by atoms with Crippen molar-refractivity contribution in [2.24, 2.45) is 5.92 Å². The number of benzene rings is 1. The maximum absolute atomic E-state index is 11.1. The summed E-state index contributed by atoms with van der Waals surface area (Å²) in [5.41, 5.74) is 7.64. The van der Waals surface area contributed by atoms with Crippen LogP contribution in [0.15, 0.2) is 18.2 Å². The molecule has 1 heterocycles. The molecule has 0 atom stereocenters. The fourth-order valence-electron chi connectivity index (χ4n) is 2.17. The zero-order valence-electron chi connectivity index (χ0n) is 10.3. The van der Waals surface area contributed by atoms with Gasteiger partial charge in [-0.15, -0.1) is 0 Å². The number of carbonyl (C=O) groups is 1. The zero-order valence-corrected chi connectivity index (χ0v) is 10.3. The van der Waals surface area contributed by atoms with E-state index in [2.05, 4.69) is 0 Å². The van der Waals surface area contributed by atoms with Crippen molar-refractivity contribution in [3.8, 4) is 5.75 Å². The summed E-state index contributed by atoms with van der Waals surface area (Å²) in [5, 5.41) is 0. The van der Waals surface area contributed by atoms with Crippen molar-refractivity contribution >= 4 is 11.6 Å². The predicted octanol–water partition coefficient (Wildman–Crippen LogP) is 1.30. The molecule has 1 aliphatic heterocycles. The second-order valence-corrected chi connectivity index (χ2v) is 4.57. The van der Waals surface area contributed by atoms with Crippen molar-refractivity contribution in [2.75, 3.05) is 25.9 Å². The topological polar surface area (TPSA) is 55.6 Å². The van der Waals surface area contributed by atoms with E-state index in [-0.39, 0.29) is 5.91 Å². The number of amides is 1. The lowest BCUT2D eigenvalue weighted by Crippen LogP contribution is -2.49. The van der Waals surface area contributed by atoms with Gasteiger partial charge in [-0.3, -0.25) is 4.79 Å². The number of ether oxygens (including phenoxy) is 1. The van der Waals surface area contributed by atoms with Gasteiger partial charge in [0.05, 0.1) is 12.8 Å². The number of nitrogens with zero attached hydrogens (tertiary/aromatic N) is 1. The standard InChI is InChI=1S/C13H18N2O2/c1-9(16)15-7-11(8-15)5-10-3-4-12(14)13(6-10)17-2/h3-4,6,11H,5,7-8,14H2,1-2H3. The average molecular weight is 234 g/mol. The van der Waals surface area contributed by atoms with E-state index in [0.717, 1.165) is 25.3 Å².